The number of aliphatic imine (C=N–C) groups is 1. The molecule has 5 rings (SSSR count). The summed E-state index contributed by atoms with van der Waals surface area (Å²) in [5.41, 5.74) is 4.75. The lowest BCUT2D eigenvalue weighted by Gasteiger charge is -2.16. The fourth-order valence-electron chi connectivity index (χ4n) is 4.36. The van der Waals surface area contributed by atoms with Gasteiger partial charge in [0.1, 0.15) is 5.69 Å². The first-order valence-corrected chi connectivity index (χ1v) is 11.1. The molecule has 9 nitrogen and oxygen atoms in total. The number of aryl methyl sites for hydroxylation is 3. The molecule has 0 bridgehead atoms. The number of nitrogens with zero attached hydrogens (tertiary/aromatic N) is 4. The molecule has 1 aliphatic heterocycles. The number of hydrogen-bond donors (Lipinski definition) is 3. The Morgan fingerprint density at radius 1 is 1.15 bits per heavy atom. The summed E-state index contributed by atoms with van der Waals surface area (Å²) in [4.78, 5) is 28.1. The quantitative estimate of drug-likeness (QED) is 0.490. The summed E-state index contributed by atoms with van der Waals surface area (Å²) in [5, 5.41) is 31.1. The van der Waals surface area contributed by atoms with Gasteiger partial charge >= 0.3 is 5.97 Å². The molecule has 1 aliphatic carbocycles. The lowest BCUT2D eigenvalue weighted by molar-refractivity contribution is -0.137. The van der Waals surface area contributed by atoms with Crippen LogP contribution in [0.1, 0.15) is 35.2 Å². The highest BCUT2D eigenvalue weighted by Crippen LogP contribution is 2.36. The predicted molar refractivity (Wildman–Crippen MR) is 128 cm³/mol. The number of azo groups is 1. The molecule has 2 aromatic carbocycles. The molecule has 172 valence electrons. The molecule has 0 radical (unpaired) electrons. The maximum Gasteiger partial charge on any atom is 0.332 e. The van der Waals surface area contributed by atoms with E-state index in [1.807, 2.05) is 12.1 Å². The van der Waals surface area contributed by atoms with Crippen molar-refractivity contribution in [3.63, 3.8) is 0 Å². The highest BCUT2D eigenvalue weighted by atomic mass is 16.4. The number of aromatic amines is 1. The number of nitrogens with one attached hydrogen (secondary N) is 1. The molecular weight excluding hydrogens is 434 g/mol. The number of rotatable bonds is 5. The monoisotopic (exact) mass is 457 g/mol. The number of carboxylic acid groups (broad SMARTS) is 1. The van der Waals surface area contributed by atoms with Crippen LogP contribution in [0.3, 0.4) is 0 Å². The SMILES string of the molecule is Cc1[nH]n(-c2ccc3c(c2)CCCC3)c(=O)c1N=Nc1cccc(C2=CC(C(=O)O)N=C2)c1O. The number of aromatic hydroxyl groups is 1. The van der Waals surface area contributed by atoms with Gasteiger partial charge in [-0.15, -0.1) is 10.2 Å². The average Bonchev–Trinajstić information content (AvgIpc) is 3.43. The molecule has 34 heavy (non-hydrogen) atoms. The zero-order valence-corrected chi connectivity index (χ0v) is 18.5. The summed E-state index contributed by atoms with van der Waals surface area (Å²) < 4.78 is 1.46. The van der Waals surface area contributed by atoms with Crippen molar-refractivity contribution in [3.05, 3.63) is 75.2 Å². The van der Waals surface area contributed by atoms with Crippen molar-refractivity contribution in [1.82, 2.24) is 9.78 Å². The summed E-state index contributed by atoms with van der Waals surface area (Å²) in [6.45, 7) is 1.74. The van der Waals surface area contributed by atoms with Gasteiger partial charge in [0, 0.05) is 17.4 Å². The summed E-state index contributed by atoms with van der Waals surface area (Å²) in [5.74, 6) is -1.24. The second-order valence-electron chi connectivity index (χ2n) is 8.44. The van der Waals surface area contributed by atoms with Crippen molar-refractivity contribution in [2.75, 3.05) is 0 Å². The number of benzene rings is 2. The van der Waals surface area contributed by atoms with Crippen LogP contribution in [0.4, 0.5) is 11.4 Å². The van der Waals surface area contributed by atoms with E-state index in [4.69, 9.17) is 5.11 Å². The van der Waals surface area contributed by atoms with Gasteiger partial charge in [-0.25, -0.2) is 9.48 Å². The molecule has 1 unspecified atom stereocenters. The molecule has 0 saturated carbocycles. The Kier molecular flexibility index (Phi) is 5.45. The lowest BCUT2D eigenvalue weighted by Crippen LogP contribution is -2.15. The zero-order chi connectivity index (χ0) is 23.8. The number of phenolic OH excluding ortho intramolecular Hbond substituents is 1. The minimum Gasteiger partial charge on any atom is -0.505 e. The summed E-state index contributed by atoms with van der Waals surface area (Å²) in [7, 11) is 0. The highest BCUT2D eigenvalue weighted by molar-refractivity contribution is 6.15. The van der Waals surface area contributed by atoms with Gasteiger partial charge < -0.3 is 10.2 Å². The van der Waals surface area contributed by atoms with E-state index in [1.165, 1.54) is 34.5 Å². The van der Waals surface area contributed by atoms with Crippen molar-refractivity contribution < 1.29 is 15.0 Å². The maximum atomic E-state index is 13.1. The number of phenols is 1. The number of carbonyl (C=O) groups is 1. The standard InChI is InChI=1S/C25H23N5O4/c1-14-22(24(32)30(29-14)18-10-9-15-5-2-3-6-16(15)11-18)28-27-20-8-4-7-19(23(20)31)17-12-21(25(33)34)26-13-17/h4,7-13,21,29,31H,2-3,5-6H2,1H3,(H,33,34). The van der Waals surface area contributed by atoms with Crippen LogP contribution in [0.15, 0.2) is 62.5 Å². The van der Waals surface area contributed by atoms with Gasteiger partial charge in [-0.2, -0.15) is 0 Å². The molecule has 1 atom stereocenters. The lowest BCUT2D eigenvalue weighted by atomic mass is 9.91. The third-order valence-electron chi connectivity index (χ3n) is 6.18. The van der Waals surface area contributed by atoms with E-state index in [1.54, 1.807) is 25.1 Å². The van der Waals surface area contributed by atoms with E-state index >= 15 is 0 Å². The smallest absolute Gasteiger partial charge is 0.332 e. The Morgan fingerprint density at radius 3 is 2.71 bits per heavy atom. The Morgan fingerprint density at radius 2 is 1.94 bits per heavy atom. The van der Waals surface area contributed by atoms with Crippen molar-refractivity contribution >= 4 is 29.1 Å². The Hall–Kier alpha value is -4.27. The molecule has 2 aliphatic rings. The van der Waals surface area contributed by atoms with Gasteiger partial charge in [-0.3, -0.25) is 14.9 Å². The van der Waals surface area contributed by atoms with Crippen molar-refractivity contribution in [1.29, 1.82) is 0 Å². The van der Waals surface area contributed by atoms with Crippen molar-refractivity contribution in [2.24, 2.45) is 15.2 Å². The zero-order valence-electron chi connectivity index (χ0n) is 18.5. The van der Waals surface area contributed by atoms with Crippen LogP contribution >= 0.6 is 0 Å². The van der Waals surface area contributed by atoms with E-state index in [2.05, 4.69) is 26.4 Å². The molecule has 1 aromatic heterocycles. The molecule has 9 heteroatoms. The van der Waals surface area contributed by atoms with Gasteiger partial charge in [-0.1, -0.05) is 18.2 Å². The van der Waals surface area contributed by atoms with Crippen LogP contribution < -0.4 is 5.56 Å². The van der Waals surface area contributed by atoms with Crippen LogP contribution in [-0.4, -0.2) is 38.2 Å². The molecule has 2 heterocycles. The minimum atomic E-state index is -1.07. The first-order valence-electron chi connectivity index (χ1n) is 11.1. The maximum absolute atomic E-state index is 13.1. The Bertz CT molecular complexity index is 1440. The third-order valence-corrected chi connectivity index (χ3v) is 6.18. The van der Waals surface area contributed by atoms with E-state index in [0.717, 1.165) is 24.9 Å². The van der Waals surface area contributed by atoms with E-state index < -0.39 is 12.0 Å². The van der Waals surface area contributed by atoms with Gasteiger partial charge in [-0.05, 0) is 68.0 Å². The second kappa shape index (κ2) is 8.58. The number of carboxylic acids is 1. The molecule has 3 N–H and O–H groups in total. The molecule has 0 amide bonds. The number of allylic oxidation sites excluding steroid dienone is 1. The first-order chi connectivity index (χ1) is 16.4. The van der Waals surface area contributed by atoms with Crippen molar-refractivity contribution in [3.8, 4) is 11.4 Å². The number of aromatic nitrogens is 2. The summed E-state index contributed by atoms with van der Waals surface area (Å²) in [6.07, 6.45) is 7.27. The second-order valence-corrected chi connectivity index (χ2v) is 8.44. The molecule has 0 spiro atoms. The fourth-order valence-corrected chi connectivity index (χ4v) is 4.36. The van der Waals surface area contributed by atoms with Gasteiger partial charge in [0.25, 0.3) is 5.56 Å². The molecule has 0 saturated heterocycles. The number of H-pyrrole nitrogens is 1. The van der Waals surface area contributed by atoms with E-state index in [9.17, 15) is 14.7 Å². The van der Waals surface area contributed by atoms with Crippen LogP contribution in [0.2, 0.25) is 0 Å². The predicted octanol–water partition coefficient (Wildman–Crippen LogP) is 4.39. The van der Waals surface area contributed by atoms with Gasteiger partial charge in [0.2, 0.25) is 0 Å². The highest BCUT2D eigenvalue weighted by Gasteiger charge is 2.21. The van der Waals surface area contributed by atoms with Crippen LogP contribution in [-0.2, 0) is 17.6 Å². The van der Waals surface area contributed by atoms with E-state index in [0.29, 0.717) is 16.8 Å². The van der Waals surface area contributed by atoms with Crippen molar-refractivity contribution in [2.45, 2.75) is 38.6 Å². The molecule has 3 aromatic rings. The van der Waals surface area contributed by atoms with Crippen LogP contribution in [0.5, 0.6) is 5.75 Å². The minimum absolute atomic E-state index is 0.148. The number of aliphatic carboxylic acids is 1. The van der Waals surface area contributed by atoms with Crippen LogP contribution in [0.25, 0.3) is 11.3 Å². The number of para-hydroxylation sites is 1. The Balaban J connectivity index is 1.46. The summed E-state index contributed by atoms with van der Waals surface area (Å²) >= 11 is 0. The van der Waals surface area contributed by atoms with E-state index in [-0.39, 0.29) is 22.7 Å². The van der Waals surface area contributed by atoms with Crippen LogP contribution in [0, 0.1) is 6.92 Å². The average molecular weight is 457 g/mol. The number of fused-ring (bicyclic) bond motifs is 1. The fraction of sp³-hybridized carbons (Fsp3) is 0.240. The topological polar surface area (TPSA) is 132 Å². The van der Waals surface area contributed by atoms with Gasteiger partial charge in [0.15, 0.2) is 17.5 Å². The number of hydrogen-bond acceptors (Lipinski definition) is 6. The Labute approximate surface area is 194 Å². The largest absolute Gasteiger partial charge is 0.505 e. The first kappa shape index (κ1) is 21.6. The third kappa shape index (κ3) is 3.85. The van der Waals surface area contributed by atoms with Gasteiger partial charge in [0.05, 0.1) is 11.4 Å². The summed E-state index contributed by atoms with van der Waals surface area (Å²) in [6, 6.07) is 9.94. The molecular formula is C25H23N5O4. The molecule has 0 fully saturated rings. The normalized spacial score (nSPS) is 17.2.